The van der Waals surface area contributed by atoms with Crippen molar-refractivity contribution in [2.45, 2.75) is 0 Å². The fourth-order valence-electron chi connectivity index (χ4n) is 2.39. The van der Waals surface area contributed by atoms with E-state index in [2.05, 4.69) is 0 Å². The van der Waals surface area contributed by atoms with Crippen LogP contribution in [0.3, 0.4) is 0 Å². The molecule has 6 heteroatoms. The number of carbonyl (C=O) groups excluding carboxylic acids is 1. The molecule has 0 unspecified atom stereocenters. The number of benzene rings is 2. The third-order valence-corrected chi connectivity index (χ3v) is 3.88. The number of para-hydroxylation sites is 1. The Hall–Kier alpha value is -2.66. The van der Waals surface area contributed by atoms with Crippen molar-refractivity contribution >= 4 is 23.5 Å². The van der Waals surface area contributed by atoms with Crippen LogP contribution in [0.1, 0.15) is 15.9 Å². The Bertz CT molecular complexity index is 813. The topological polar surface area (TPSA) is 54.0 Å². The molecule has 1 heterocycles. The molecule has 2 aromatic rings. The van der Waals surface area contributed by atoms with E-state index in [-0.39, 0.29) is 12.6 Å². The Morgan fingerprint density at radius 3 is 2.71 bits per heavy atom. The lowest BCUT2D eigenvalue weighted by Gasteiger charge is -2.10. The molecule has 0 bridgehead atoms. The summed E-state index contributed by atoms with van der Waals surface area (Å²) in [5.41, 5.74) is 1.11. The summed E-state index contributed by atoms with van der Waals surface area (Å²) in [6.07, 6.45) is 3.12. The van der Waals surface area contributed by atoms with Crippen LogP contribution < -0.4 is 18.9 Å². The number of ketones is 1. The van der Waals surface area contributed by atoms with Gasteiger partial charge in [-0.1, -0.05) is 23.7 Å². The van der Waals surface area contributed by atoms with Crippen molar-refractivity contribution in [3.05, 3.63) is 52.6 Å². The Morgan fingerprint density at radius 2 is 1.96 bits per heavy atom. The summed E-state index contributed by atoms with van der Waals surface area (Å²) in [5.74, 6) is 1.88. The van der Waals surface area contributed by atoms with Crippen molar-refractivity contribution in [3.8, 4) is 23.0 Å². The van der Waals surface area contributed by atoms with Gasteiger partial charge in [-0.25, -0.2) is 0 Å². The number of fused-ring (bicyclic) bond motifs is 1. The first-order valence-corrected chi connectivity index (χ1v) is 7.54. The van der Waals surface area contributed by atoms with E-state index in [0.717, 1.165) is 5.56 Å². The summed E-state index contributed by atoms with van der Waals surface area (Å²) in [7, 11) is 2.98. The first-order valence-electron chi connectivity index (χ1n) is 7.16. The fourth-order valence-corrected chi connectivity index (χ4v) is 2.63. The van der Waals surface area contributed by atoms with Crippen molar-refractivity contribution in [2.75, 3.05) is 21.0 Å². The molecule has 0 radical (unpaired) electrons. The summed E-state index contributed by atoms with van der Waals surface area (Å²) in [4.78, 5) is 12.5. The second kappa shape index (κ2) is 6.84. The summed E-state index contributed by atoms with van der Waals surface area (Å²) in [5, 5.41) is 0.340. The predicted octanol–water partition coefficient (Wildman–Crippen LogP) is 3.98. The van der Waals surface area contributed by atoms with Gasteiger partial charge in [-0.3, -0.25) is 4.79 Å². The standard InChI is InChI=1S/C18H15ClO5/c1-21-16-9-17(22-2)13(19)8-12(16)14(20)7-6-11-4-3-5-15-18(11)24-10-23-15/h3-9H,10H2,1-2H3/b7-6+. The number of hydrogen-bond donors (Lipinski definition) is 0. The minimum absolute atomic E-state index is 0.177. The van der Waals surface area contributed by atoms with Crippen LogP contribution in [-0.2, 0) is 0 Å². The van der Waals surface area contributed by atoms with Gasteiger partial charge < -0.3 is 18.9 Å². The smallest absolute Gasteiger partial charge is 0.231 e. The Kier molecular flexibility index (Phi) is 4.62. The molecule has 0 saturated carbocycles. The second-order valence-electron chi connectivity index (χ2n) is 4.97. The molecule has 1 aliphatic heterocycles. The van der Waals surface area contributed by atoms with E-state index >= 15 is 0 Å². The van der Waals surface area contributed by atoms with Crippen LogP contribution in [0.2, 0.25) is 5.02 Å². The van der Waals surface area contributed by atoms with E-state index in [4.69, 9.17) is 30.5 Å². The first-order chi connectivity index (χ1) is 11.6. The molecule has 24 heavy (non-hydrogen) atoms. The van der Waals surface area contributed by atoms with Crippen LogP contribution in [0.25, 0.3) is 6.08 Å². The van der Waals surface area contributed by atoms with Gasteiger partial charge in [0.1, 0.15) is 11.5 Å². The zero-order valence-electron chi connectivity index (χ0n) is 13.2. The van der Waals surface area contributed by atoms with Gasteiger partial charge in [0.2, 0.25) is 6.79 Å². The van der Waals surface area contributed by atoms with Gasteiger partial charge in [0.15, 0.2) is 17.3 Å². The average molecular weight is 347 g/mol. The molecule has 0 fully saturated rings. The molecule has 1 aliphatic rings. The van der Waals surface area contributed by atoms with Crippen LogP contribution in [0.15, 0.2) is 36.4 Å². The highest BCUT2D eigenvalue weighted by molar-refractivity contribution is 6.32. The number of ether oxygens (including phenoxy) is 4. The van der Waals surface area contributed by atoms with Gasteiger partial charge in [-0.05, 0) is 24.3 Å². The lowest BCUT2D eigenvalue weighted by Crippen LogP contribution is -2.00. The van der Waals surface area contributed by atoms with Crippen molar-refractivity contribution in [1.82, 2.24) is 0 Å². The molecule has 5 nitrogen and oxygen atoms in total. The lowest BCUT2D eigenvalue weighted by molar-refractivity contribution is 0.104. The first kappa shape index (κ1) is 16.2. The number of hydrogen-bond acceptors (Lipinski definition) is 5. The molecule has 0 saturated heterocycles. The van der Waals surface area contributed by atoms with Gasteiger partial charge in [-0.15, -0.1) is 0 Å². The van der Waals surface area contributed by atoms with E-state index in [1.807, 2.05) is 18.2 Å². The zero-order chi connectivity index (χ0) is 17.1. The number of allylic oxidation sites excluding steroid dienone is 1. The summed E-state index contributed by atoms with van der Waals surface area (Å²) in [6.45, 7) is 0.177. The molecule has 0 spiro atoms. The van der Waals surface area contributed by atoms with E-state index < -0.39 is 0 Å². The quantitative estimate of drug-likeness (QED) is 0.605. The van der Waals surface area contributed by atoms with Crippen LogP contribution in [0, 0.1) is 0 Å². The normalized spacial score (nSPS) is 12.5. The van der Waals surface area contributed by atoms with Gasteiger partial charge in [0.05, 0.1) is 24.8 Å². The Labute approximate surface area is 144 Å². The molecule has 0 atom stereocenters. The van der Waals surface area contributed by atoms with E-state index in [1.165, 1.54) is 26.4 Å². The molecule has 0 aromatic heterocycles. The molecule has 0 amide bonds. The van der Waals surface area contributed by atoms with E-state index in [9.17, 15) is 4.79 Å². The summed E-state index contributed by atoms with van der Waals surface area (Å²) >= 11 is 6.10. The molecule has 0 N–H and O–H groups in total. The third-order valence-electron chi connectivity index (χ3n) is 3.58. The van der Waals surface area contributed by atoms with Gasteiger partial charge in [-0.2, -0.15) is 0 Å². The van der Waals surface area contributed by atoms with Crippen molar-refractivity contribution < 1.29 is 23.7 Å². The van der Waals surface area contributed by atoms with E-state index in [1.54, 1.807) is 12.1 Å². The minimum Gasteiger partial charge on any atom is -0.496 e. The largest absolute Gasteiger partial charge is 0.496 e. The second-order valence-corrected chi connectivity index (χ2v) is 5.37. The van der Waals surface area contributed by atoms with Crippen LogP contribution in [0.5, 0.6) is 23.0 Å². The van der Waals surface area contributed by atoms with Crippen molar-refractivity contribution in [2.24, 2.45) is 0 Å². The van der Waals surface area contributed by atoms with Crippen molar-refractivity contribution in [1.29, 1.82) is 0 Å². The van der Waals surface area contributed by atoms with Crippen LogP contribution in [0.4, 0.5) is 0 Å². The average Bonchev–Trinajstić information content (AvgIpc) is 3.08. The Balaban J connectivity index is 1.90. The van der Waals surface area contributed by atoms with E-state index in [0.29, 0.717) is 33.6 Å². The maximum atomic E-state index is 12.5. The van der Waals surface area contributed by atoms with Gasteiger partial charge in [0, 0.05) is 11.6 Å². The minimum atomic E-state index is -0.243. The zero-order valence-corrected chi connectivity index (χ0v) is 13.9. The number of carbonyl (C=O) groups is 1. The number of halogens is 1. The van der Waals surface area contributed by atoms with Crippen LogP contribution >= 0.6 is 11.6 Å². The fraction of sp³-hybridized carbons (Fsp3) is 0.167. The molecule has 124 valence electrons. The molecular formula is C18H15ClO5. The number of methoxy groups -OCH3 is 2. The highest BCUT2D eigenvalue weighted by Gasteiger charge is 2.17. The van der Waals surface area contributed by atoms with Gasteiger partial charge in [0.25, 0.3) is 0 Å². The highest BCUT2D eigenvalue weighted by atomic mass is 35.5. The predicted molar refractivity (Wildman–Crippen MR) is 90.5 cm³/mol. The third kappa shape index (κ3) is 3.03. The molecule has 0 aliphatic carbocycles. The van der Waals surface area contributed by atoms with Crippen LogP contribution in [-0.4, -0.2) is 26.8 Å². The lowest BCUT2D eigenvalue weighted by atomic mass is 10.1. The Morgan fingerprint density at radius 1 is 1.17 bits per heavy atom. The maximum absolute atomic E-state index is 12.5. The summed E-state index contributed by atoms with van der Waals surface area (Å²) in [6, 6.07) is 8.60. The number of rotatable bonds is 5. The molecule has 3 rings (SSSR count). The molecular weight excluding hydrogens is 332 g/mol. The van der Waals surface area contributed by atoms with Gasteiger partial charge >= 0.3 is 0 Å². The summed E-state index contributed by atoms with van der Waals surface area (Å²) < 4.78 is 21.1. The SMILES string of the molecule is COc1cc(OC)c(C(=O)/C=C/c2cccc3c2OCO3)cc1Cl. The monoisotopic (exact) mass is 346 g/mol. The van der Waals surface area contributed by atoms with Crippen molar-refractivity contribution in [3.63, 3.8) is 0 Å². The molecule has 2 aromatic carbocycles. The maximum Gasteiger partial charge on any atom is 0.231 e. The highest BCUT2D eigenvalue weighted by Crippen LogP contribution is 2.36.